The summed E-state index contributed by atoms with van der Waals surface area (Å²) in [5, 5.41) is 23.2. The Morgan fingerprint density at radius 3 is 2.71 bits per heavy atom. The molecule has 4 nitrogen and oxygen atoms in total. The van der Waals surface area contributed by atoms with Crippen LogP contribution in [0.5, 0.6) is 0 Å². The number of aliphatic hydroxyl groups excluding tert-OH is 2. The molecule has 1 aromatic carbocycles. The average Bonchev–Trinajstić information content (AvgIpc) is 2.84. The maximum atomic E-state index is 13.9. The van der Waals surface area contributed by atoms with E-state index < -0.39 is 17.6 Å². The summed E-state index contributed by atoms with van der Waals surface area (Å²) in [5.74, 6) is 0.667. The highest BCUT2D eigenvalue weighted by molar-refractivity contribution is 5.87. The first kappa shape index (κ1) is 19.0. The summed E-state index contributed by atoms with van der Waals surface area (Å²) in [7, 11) is 0. The molecule has 6 saturated carbocycles. The molecule has 31 heavy (non-hydrogen) atoms. The molecule has 0 aromatic heterocycles. The zero-order chi connectivity index (χ0) is 21.3. The Morgan fingerprint density at radius 1 is 1.16 bits per heavy atom. The normalized spacial score (nSPS) is 54.4. The van der Waals surface area contributed by atoms with Gasteiger partial charge in [-0.25, -0.2) is 0 Å². The fourth-order valence-electron chi connectivity index (χ4n) is 10.6. The number of hydrogen-bond donors (Lipinski definition) is 2. The summed E-state index contributed by atoms with van der Waals surface area (Å²) in [5.41, 5.74) is 1.35. The van der Waals surface area contributed by atoms with E-state index in [9.17, 15) is 15.0 Å². The van der Waals surface area contributed by atoms with E-state index in [1.165, 1.54) is 5.56 Å². The number of benzene rings is 1. The maximum Gasteiger partial charge on any atom is 0.137 e. The minimum atomic E-state index is -0.652. The van der Waals surface area contributed by atoms with Gasteiger partial charge in [-0.05, 0) is 41.7 Å². The Labute approximate surface area is 184 Å². The molecule has 4 heteroatoms. The van der Waals surface area contributed by atoms with Crippen molar-refractivity contribution in [1.82, 2.24) is 4.90 Å². The smallest absolute Gasteiger partial charge is 0.137 e. The predicted octanol–water partition coefficient (Wildman–Crippen LogP) is 3.18. The topological polar surface area (TPSA) is 60.8 Å². The number of ketones is 1. The second-order valence-corrected chi connectivity index (χ2v) is 12.0. The number of likely N-dealkylation sites (tertiary alicyclic amines) is 1. The lowest BCUT2D eigenvalue weighted by Gasteiger charge is -2.67. The Balaban J connectivity index is 1.46. The first-order valence-electron chi connectivity index (χ1n) is 12.2. The standard InChI is InChI=1S/C27H33NO3/c1-15-17-11-18-23-26-10-6-9-25(2,14-28(23)13-16-7-4-3-5-8-16)21(26)19(29)12-27(18,24(15)31)22(26)20(17)30/h3-5,7-8,17-18,20-24,30-31H,1,6,9-14H2,2H3/t17-,18-,20+,21-,22+,23+,24-,25+,26+,27-/m1/s1. The van der Waals surface area contributed by atoms with E-state index in [1.54, 1.807) is 0 Å². The summed E-state index contributed by atoms with van der Waals surface area (Å²) in [6.07, 6.45) is 3.42. The van der Waals surface area contributed by atoms with Gasteiger partial charge in [0.25, 0.3) is 0 Å². The van der Waals surface area contributed by atoms with E-state index in [-0.39, 0.29) is 40.5 Å². The number of carbonyl (C=O) groups excluding carboxylic acids is 1. The molecule has 7 fully saturated rings. The van der Waals surface area contributed by atoms with Crippen LogP contribution in [0.2, 0.25) is 0 Å². The monoisotopic (exact) mass is 419 g/mol. The van der Waals surface area contributed by atoms with E-state index in [4.69, 9.17) is 0 Å². The van der Waals surface area contributed by atoms with Gasteiger partial charge < -0.3 is 10.2 Å². The lowest BCUT2D eigenvalue weighted by Crippen LogP contribution is -2.71. The van der Waals surface area contributed by atoms with E-state index in [0.29, 0.717) is 12.2 Å². The van der Waals surface area contributed by atoms with Crippen molar-refractivity contribution in [3.05, 3.63) is 48.0 Å². The van der Waals surface area contributed by atoms with Crippen LogP contribution in [0.1, 0.15) is 44.6 Å². The summed E-state index contributed by atoms with van der Waals surface area (Å²) in [6.45, 7) is 8.39. The van der Waals surface area contributed by atoms with Crippen LogP contribution < -0.4 is 0 Å². The maximum absolute atomic E-state index is 13.9. The van der Waals surface area contributed by atoms with Gasteiger partial charge in [-0.15, -0.1) is 0 Å². The molecule has 1 aromatic rings. The molecule has 0 unspecified atom stereocenters. The molecule has 6 bridgehead atoms. The summed E-state index contributed by atoms with van der Waals surface area (Å²) < 4.78 is 0. The Bertz CT molecular complexity index is 991. The molecular formula is C27H33NO3. The number of rotatable bonds is 2. The summed E-state index contributed by atoms with van der Waals surface area (Å²) >= 11 is 0. The molecule has 0 amide bonds. The van der Waals surface area contributed by atoms with Crippen LogP contribution in [-0.4, -0.2) is 45.7 Å². The van der Waals surface area contributed by atoms with Crippen LogP contribution in [0.4, 0.5) is 0 Å². The van der Waals surface area contributed by atoms with Gasteiger partial charge in [0.05, 0.1) is 12.2 Å². The Kier molecular flexibility index (Phi) is 3.50. The number of Topliss-reactive ketones (excluding diaryl/α,β-unsaturated/α-hetero) is 1. The highest BCUT2D eigenvalue weighted by atomic mass is 16.3. The number of carbonyl (C=O) groups is 1. The molecule has 2 N–H and O–H groups in total. The average molecular weight is 420 g/mol. The SMILES string of the molecule is C=C1[C@H]2C[C@@H]3[C@@H]4N(Cc5ccccc5)C[C@]5(C)CCC[C@]46[C@H]([C@H]2O)[C@]3(CC(=O)[C@H]56)[C@@H]1O. The van der Waals surface area contributed by atoms with Gasteiger partial charge in [-0.2, -0.15) is 0 Å². The van der Waals surface area contributed by atoms with Gasteiger partial charge in [0.2, 0.25) is 0 Å². The lowest BCUT2D eigenvalue weighted by molar-refractivity contribution is -0.223. The van der Waals surface area contributed by atoms with Crippen molar-refractivity contribution in [2.24, 2.45) is 39.9 Å². The van der Waals surface area contributed by atoms with Gasteiger partial charge in [-0.1, -0.05) is 50.3 Å². The largest absolute Gasteiger partial charge is 0.392 e. The van der Waals surface area contributed by atoms with Crippen molar-refractivity contribution in [1.29, 1.82) is 0 Å². The first-order chi connectivity index (χ1) is 14.8. The Morgan fingerprint density at radius 2 is 1.94 bits per heavy atom. The Hall–Kier alpha value is -1.49. The molecule has 7 aliphatic rings. The molecule has 10 atom stereocenters. The number of piperidine rings is 1. The van der Waals surface area contributed by atoms with Crippen LogP contribution in [-0.2, 0) is 11.3 Å². The zero-order valence-corrected chi connectivity index (χ0v) is 18.3. The fraction of sp³-hybridized carbons (Fsp3) is 0.667. The number of nitrogens with zero attached hydrogens (tertiary/aromatic N) is 1. The zero-order valence-electron chi connectivity index (χ0n) is 18.3. The second-order valence-electron chi connectivity index (χ2n) is 12.0. The van der Waals surface area contributed by atoms with Crippen molar-refractivity contribution < 1.29 is 15.0 Å². The van der Waals surface area contributed by atoms with Crippen molar-refractivity contribution in [3.8, 4) is 0 Å². The highest BCUT2D eigenvalue weighted by Gasteiger charge is 2.85. The van der Waals surface area contributed by atoms with E-state index in [1.807, 2.05) is 0 Å². The first-order valence-corrected chi connectivity index (χ1v) is 12.2. The van der Waals surface area contributed by atoms with E-state index in [2.05, 4.69) is 48.7 Å². The number of fused-ring (bicyclic) bond motifs is 1. The van der Waals surface area contributed by atoms with Crippen LogP contribution in [0.3, 0.4) is 0 Å². The van der Waals surface area contributed by atoms with Gasteiger partial charge >= 0.3 is 0 Å². The third-order valence-electron chi connectivity index (χ3n) is 11.0. The molecular weight excluding hydrogens is 386 g/mol. The van der Waals surface area contributed by atoms with Crippen molar-refractivity contribution >= 4 is 5.78 Å². The van der Waals surface area contributed by atoms with E-state index in [0.717, 1.165) is 44.3 Å². The van der Waals surface area contributed by atoms with Gasteiger partial charge in [0.15, 0.2) is 0 Å². The molecule has 1 heterocycles. The minimum absolute atomic E-state index is 0.0209. The third kappa shape index (κ3) is 1.91. The van der Waals surface area contributed by atoms with Crippen molar-refractivity contribution in [3.63, 3.8) is 0 Å². The lowest BCUT2D eigenvalue weighted by atomic mass is 9.38. The summed E-state index contributed by atoms with van der Waals surface area (Å²) in [6, 6.07) is 11.0. The van der Waals surface area contributed by atoms with Crippen molar-refractivity contribution in [2.75, 3.05) is 6.54 Å². The summed E-state index contributed by atoms with van der Waals surface area (Å²) in [4.78, 5) is 16.6. The molecule has 1 saturated heterocycles. The molecule has 2 spiro atoms. The molecule has 1 aliphatic heterocycles. The van der Waals surface area contributed by atoms with E-state index >= 15 is 0 Å². The molecule has 6 aliphatic carbocycles. The second kappa shape index (κ2) is 5.70. The van der Waals surface area contributed by atoms with Gasteiger partial charge in [-0.3, -0.25) is 9.69 Å². The number of aliphatic hydroxyl groups is 2. The van der Waals surface area contributed by atoms with Crippen molar-refractivity contribution in [2.45, 2.75) is 63.8 Å². The minimum Gasteiger partial charge on any atom is -0.392 e. The van der Waals surface area contributed by atoms with Gasteiger partial charge in [0, 0.05) is 54.1 Å². The van der Waals surface area contributed by atoms with Crippen LogP contribution in [0.25, 0.3) is 0 Å². The van der Waals surface area contributed by atoms with Crippen LogP contribution >= 0.6 is 0 Å². The molecule has 0 radical (unpaired) electrons. The third-order valence-corrected chi connectivity index (χ3v) is 11.0. The number of hydrogen-bond acceptors (Lipinski definition) is 4. The highest BCUT2D eigenvalue weighted by Crippen LogP contribution is 2.82. The van der Waals surface area contributed by atoms with Crippen LogP contribution in [0.15, 0.2) is 42.5 Å². The quantitative estimate of drug-likeness (QED) is 0.723. The van der Waals surface area contributed by atoms with Crippen LogP contribution in [0, 0.1) is 39.9 Å². The predicted molar refractivity (Wildman–Crippen MR) is 117 cm³/mol. The van der Waals surface area contributed by atoms with Gasteiger partial charge in [0.1, 0.15) is 5.78 Å². The molecule has 8 rings (SSSR count). The molecule has 164 valence electrons. The fourth-order valence-corrected chi connectivity index (χ4v) is 10.6.